The number of fused-ring (bicyclic) bond motifs is 3. The second-order valence-corrected chi connectivity index (χ2v) is 7.00. The molecule has 2 radical (unpaired) electrons. The zero-order valence-corrected chi connectivity index (χ0v) is 9.97. The number of benzene rings is 2. The van der Waals surface area contributed by atoms with Gasteiger partial charge in [0.25, 0.3) is 0 Å². The van der Waals surface area contributed by atoms with Gasteiger partial charge in [-0.2, -0.15) is 0 Å². The van der Waals surface area contributed by atoms with Gasteiger partial charge in [-0.25, -0.2) is 0 Å². The molecule has 0 saturated heterocycles. The zero-order chi connectivity index (χ0) is 8.67. The Morgan fingerprint density at radius 3 is 1.62 bits per heavy atom. The van der Waals surface area contributed by atoms with Crippen molar-refractivity contribution in [2.45, 2.75) is 0 Å². The third-order valence-electron chi connectivity index (χ3n) is 2.41. The van der Waals surface area contributed by atoms with Crippen molar-refractivity contribution < 1.29 is 0 Å². The summed E-state index contributed by atoms with van der Waals surface area (Å²) in [6, 6.07) is 17.7. The van der Waals surface area contributed by atoms with Crippen LogP contribution < -0.4 is 7.16 Å². The molecule has 3 rings (SSSR count). The van der Waals surface area contributed by atoms with Gasteiger partial charge in [0.15, 0.2) is 0 Å². The van der Waals surface area contributed by atoms with E-state index in [1.54, 1.807) is 7.16 Å². The molecule has 0 fully saturated rings. The van der Waals surface area contributed by atoms with E-state index in [0.717, 1.165) is 0 Å². The summed E-state index contributed by atoms with van der Waals surface area (Å²) < 4.78 is 3.26. The van der Waals surface area contributed by atoms with Crippen molar-refractivity contribution in [2.24, 2.45) is 0 Å². The fourth-order valence-corrected chi connectivity index (χ4v) is 5.67. The molecular weight excluding hydrogens is 263 g/mol. The van der Waals surface area contributed by atoms with Crippen molar-refractivity contribution in [3.8, 4) is 11.1 Å². The molecule has 0 nitrogen and oxygen atoms in total. The standard InChI is InChI=1S/C12H8.Sn/c1-3-7-11(8-4-1)12-9-5-2-6-10-12;/h1-7,9H;. The molecule has 0 unspecified atom stereocenters. The van der Waals surface area contributed by atoms with Gasteiger partial charge in [0.2, 0.25) is 0 Å². The first-order valence-electron chi connectivity index (χ1n) is 4.40. The molecule has 1 aliphatic heterocycles. The maximum atomic E-state index is 2.29. The molecule has 1 heterocycles. The van der Waals surface area contributed by atoms with Crippen LogP contribution in [-0.2, 0) is 0 Å². The van der Waals surface area contributed by atoms with E-state index in [1.165, 1.54) is 11.1 Å². The Bertz CT molecular complexity index is 417. The number of hydrogen-bond donors (Lipinski definition) is 0. The summed E-state index contributed by atoms with van der Waals surface area (Å²) in [7, 11) is 0. The first-order chi connectivity index (χ1) is 6.45. The molecule has 0 aliphatic carbocycles. The molecule has 1 aliphatic rings. The SMILES string of the molecule is c1ccc2[c](c1)[Sn][c]1ccccc1-2. The van der Waals surface area contributed by atoms with E-state index in [1.807, 2.05) is 0 Å². The van der Waals surface area contributed by atoms with Crippen LogP contribution in [0.4, 0.5) is 0 Å². The van der Waals surface area contributed by atoms with E-state index < -0.39 is 21.1 Å². The van der Waals surface area contributed by atoms with Crippen molar-refractivity contribution in [3.63, 3.8) is 0 Å². The van der Waals surface area contributed by atoms with Crippen molar-refractivity contribution in [2.75, 3.05) is 0 Å². The third-order valence-corrected chi connectivity index (χ3v) is 6.44. The minimum atomic E-state index is -0.443. The Balaban J connectivity index is 2.32. The van der Waals surface area contributed by atoms with E-state index in [9.17, 15) is 0 Å². The second-order valence-electron chi connectivity index (χ2n) is 3.22. The molecule has 13 heavy (non-hydrogen) atoms. The van der Waals surface area contributed by atoms with Crippen molar-refractivity contribution >= 4 is 28.3 Å². The fourth-order valence-electron chi connectivity index (χ4n) is 1.80. The molecular formula is C12H8Sn. The molecule has 60 valence electrons. The summed E-state index contributed by atoms with van der Waals surface area (Å²) in [5.41, 5.74) is 2.98. The van der Waals surface area contributed by atoms with Crippen LogP contribution in [-0.4, -0.2) is 21.1 Å². The van der Waals surface area contributed by atoms with Crippen LogP contribution in [0.5, 0.6) is 0 Å². The van der Waals surface area contributed by atoms with Crippen LogP contribution >= 0.6 is 0 Å². The monoisotopic (exact) mass is 272 g/mol. The van der Waals surface area contributed by atoms with Crippen molar-refractivity contribution in [1.82, 2.24) is 0 Å². The average Bonchev–Trinajstić information content (AvgIpc) is 2.56. The molecule has 0 N–H and O–H groups in total. The van der Waals surface area contributed by atoms with E-state index in [-0.39, 0.29) is 0 Å². The zero-order valence-electron chi connectivity index (χ0n) is 7.12. The molecule has 2 aromatic carbocycles. The van der Waals surface area contributed by atoms with Gasteiger partial charge in [-0.1, -0.05) is 0 Å². The molecule has 0 bridgehead atoms. The summed E-state index contributed by atoms with van der Waals surface area (Å²) in [4.78, 5) is 0. The normalized spacial score (nSPS) is 12.3. The van der Waals surface area contributed by atoms with Crippen molar-refractivity contribution in [1.29, 1.82) is 0 Å². The van der Waals surface area contributed by atoms with E-state index in [0.29, 0.717) is 0 Å². The Kier molecular flexibility index (Phi) is 1.69. The summed E-state index contributed by atoms with van der Waals surface area (Å²) in [6.07, 6.45) is 0. The quantitative estimate of drug-likeness (QED) is 0.541. The first-order valence-corrected chi connectivity index (χ1v) is 7.26. The van der Waals surface area contributed by atoms with Gasteiger partial charge in [0, 0.05) is 0 Å². The average molecular weight is 271 g/mol. The van der Waals surface area contributed by atoms with Crippen LogP contribution in [0.3, 0.4) is 0 Å². The summed E-state index contributed by atoms with van der Waals surface area (Å²) in [6.45, 7) is 0. The second kappa shape index (κ2) is 2.88. The van der Waals surface area contributed by atoms with Gasteiger partial charge in [0.1, 0.15) is 0 Å². The molecule has 0 amide bonds. The summed E-state index contributed by atoms with van der Waals surface area (Å²) in [5, 5.41) is 0. The van der Waals surface area contributed by atoms with E-state index >= 15 is 0 Å². The maximum absolute atomic E-state index is 2.29. The van der Waals surface area contributed by atoms with Crippen LogP contribution in [0, 0.1) is 0 Å². The van der Waals surface area contributed by atoms with Gasteiger partial charge in [0.05, 0.1) is 0 Å². The molecule has 0 atom stereocenters. The van der Waals surface area contributed by atoms with Gasteiger partial charge in [-0.3, -0.25) is 0 Å². The fraction of sp³-hybridized carbons (Fsp3) is 0. The molecule has 0 spiro atoms. The van der Waals surface area contributed by atoms with Crippen LogP contribution in [0.2, 0.25) is 0 Å². The molecule has 0 aromatic heterocycles. The topological polar surface area (TPSA) is 0 Å². The van der Waals surface area contributed by atoms with Gasteiger partial charge in [-0.05, 0) is 0 Å². The van der Waals surface area contributed by atoms with Crippen LogP contribution in [0.25, 0.3) is 11.1 Å². The molecule has 2 aromatic rings. The Hall–Kier alpha value is -0.761. The predicted molar refractivity (Wildman–Crippen MR) is 56.9 cm³/mol. The Morgan fingerprint density at radius 2 is 1.08 bits per heavy atom. The number of hydrogen-bond acceptors (Lipinski definition) is 0. The van der Waals surface area contributed by atoms with E-state index in [4.69, 9.17) is 0 Å². The minimum absolute atomic E-state index is 0.443. The predicted octanol–water partition coefficient (Wildman–Crippen LogP) is 1.32. The van der Waals surface area contributed by atoms with Crippen LogP contribution in [0.1, 0.15) is 0 Å². The third kappa shape index (κ3) is 1.12. The van der Waals surface area contributed by atoms with Crippen molar-refractivity contribution in [3.05, 3.63) is 48.5 Å². The summed E-state index contributed by atoms with van der Waals surface area (Å²) in [5.74, 6) is 0. The van der Waals surface area contributed by atoms with Gasteiger partial charge in [-0.15, -0.1) is 0 Å². The Morgan fingerprint density at radius 1 is 0.615 bits per heavy atom. The summed E-state index contributed by atoms with van der Waals surface area (Å²) >= 11 is -0.443. The molecule has 0 saturated carbocycles. The van der Waals surface area contributed by atoms with Gasteiger partial charge >= 0.3 is 88.0 Å². The molecule has 1 heteroatoms. The Labute approximate surface area is 87.8 Å². The van der Waals surface area contributed by atoms with E-state index in [2.05, 4.69) is 48.5 Å². The first kappa shape index (κ1) is 7.62. The van der Waals surface area contributed by atoms with Gasteiger partial charge < -0.3 is 0 Å². The van der Waals surface area contributed by atoms with Crippen LogP contribution in [0.15, 0.2) is 48.5 Å². The number of rotatable bonds is 0.